The van der Waals surface area contributed by atoms with Crippen LogP contribution in [0.15, 0.2) is 54.6 Å². The van der Waals surface area contributed by atoms with Gasteiger partial charge in [-0.2, -0.15) is 0 Å². The number of fused-ring (bicyclic) bond motifs is 1. The number of ether oxygens (including phenoxy) is 3. The number of carbonyl (C=O) groups is 2. The molecule has 2 aromatic rings. The van der Waals surface area contributed by atoms with Gasteiger partial charge in [0.1, 0.15) is 4.87 Å². The molecule has 2 amide bonds. The Morgan fingerprint density at radius 2 is 1.89 bits per heavy atom. The molecular weight excluding hydrogens is 527 g/mol. The van der Waals surface area contributed by atoms with E-state index in [1.807, 2.05) is 49.4 Å². The van der Waals surface area contributed by atoms with Crippen LogP contribution < -0.4 is 19.7 Å². The highest BCUT2D eigenvalue weighted by atomic mass is 35.5. The highest BCUT2D eigenvalue weighted by Crippen LogP contribution is 2.44. The lowest BCUT2D eigenvalue weighted by Crippen LogP contribution is -2.47. The zero-order valence-corrected chi connectivity index (χ0v) is 23.4. The van der Waals surface area contributed by atoms with Crippen molar-refractivity contribution in [2.75, 3.05) is 32.3 Å². The van der Waals surface area contributed by atoms with Crippen molar-refractivity contribution >= 4 is 46.5 Å². The van der Waals surface area contributed by atoms with E-state index in [0.29, 0.717) is 41.6 Å². The Morgan fingerprint density at radius 1 is 1.16 bits per heavy atom. The average molecular weight is 559 g/mol. The first-order valence-electron chi connectivity index (χ1n) is 12.5. The van der Waals surface area contributed by atoms with E-state index in [9.17, 15) is 9.59 Å². The van der Waals surface area contributed by atoms with E-state index in [2.05, 4.69) is 5.32 Å². The Bertz CT molecular complexity index is 1280. The molecule has 38 heavy (non-hydrogen) atoms. The van der Waals surface area contributed by atoms with Crippen LogP contribution in [0.2, 0.25) is 5.02 Å². The minimum absolute atomic E-state index is 0.0835. The van der Waals surface area contributed by atoms with Crippen LogP contribution >= 0.6 is 23.2 Å². The largest absolute Gasteiger partial charge is 0.493 e. The van der Waals surface area contributed by atoms with Gasteiger partial charge in [0.25, 0.3) is 0 Å². The average Bonchev–Trinajstić information content (AvgIpc) is 2.91. The predicted molar refractivity (Wildman–Crippen MR) is 151 cm³/mol. The first-order chi connectivity index (χ1) is 18.2. The molecule has 0 bridgehead atoms. The fourth-order valence-electron chi connectivity index (χ4n) is 5.00. The molecule has 0 aromatic heterocycles. The molecule has 4 rings (SSSR count). The summed E-state index contributed by atoms with van der Waals surface area (Å²) in [5.41, 5.74) is 3.47. The quantitative estimate of drug-likeness (QED) is 0.401. The van der Waals surface area contributed by atoms with Gasteiger partial charge in [0.2, 0.25) is 5.91 Å². The summed E-state index contributed by atoms with van der Waals surface area (Å²) >= 11 is 12.9. The zero-order valence-electron chi connectivity index (χ0n) is 21.9. The normalized spacial score (nSPS) is 22.3. The van der Waals surface area contributed by atoms with Gasteiger partial charge in [-0.15, -0.1) is 11.6 Å². The molecule has 3 atom stereocenters. The number of nitrogens with zero attached hydrogens (tertiary/aromatic N) is 1. The summed E-state index contributed by atoms with van der Waals surface area (Å²) in [6.45, 7) is 4.34. The molecular formula is C29H32Cl2N2O5. The molecule has 1 heterocycles. The molecule has 1 aliphatic heterocycles. The van der Waals surface area contributed by atoms with Gasteiger partial charge in [-0.25, -0.2) is 4.79 Å². The number of carbonyl (C=O) groups excluding carboxylic acids is 2. The third-order valence-electron chi connectivity index (χ3n) is 6.95. The predicted octanol–water partition coefficient (Wildman–Crippen LogP) is 6.33. The van der Waals surface area contributed by atoms with Gasteiger partial charge in [0.15, 0.2) is 11.5 Å². The Kier molecular flexibility index (Phi) is 8.58. The van der Waals surface area contributed by atoms with Gasteiger partial charge in [0, 0.05) is 29.6 Å². The van der Waals surface area contributed by atoms with Crippen molar-refractivity contribution in [1.29, 1.82) is 0 Å². The summed E-state index contributed by atoms with van der Waals surface area (Å²) in [5.74, 6) is 0.689. The highest BCUT2D eigenvalue weighted by Gasteiger charge is 2.38. The van der Waals surface area contributed by atoms with Crippen LogP contribution in [0.4, 0.5) is 10.5 Å². The lowest BCUT2D eigenvalue weighted by Gasteiger charge is -2.39. The summed E-state index contributed by atoms with van der Waals surface area (Å²) in [7, 11) is 3.11. The molecule has 2 aliphatic rings. The molecule has 1 N–H and O–H groups in total. The van der Waals surface area contributed by atoms with E-state index >= 15 is 0 Å². The van der Waals surface area contributed by atoms with Crippen LogP contribution in [0, 0.1) is 0 Å². The lowest BCUT2D eigenvalue weighted by molar-refractivity contribution is -0.122. The van der Waals surface area contributed by atoms with Crippen molar-refractivity contribution in [2.45, 2.75) is 43.5 Å². The van der Waals surface area contributed by atoms with E-state index < -0.39 is 11.0 Å². The Hall–Kier alpha value is -3.16. The Labute approximate surface area is 233 Å². The molecule has 0 saturated carbocycles. The molecule has 3 unspecified atom stereocenters. The van der Waals surface area contributed by atoms with Crippen LogP contribution in [0.25, 0.3) is 5.57 Å². The number of anilines is 1. The lowest BCUT2D eigenvalue weighted by atomic mass is 9.85. The van der Waals surface area contributed by atoms with Crippen LogP contribution in [0.3, 0.4) is 0 Å². The van der Waals surface area contributed by atoms with E-state index in [-0.39, 0.29) is 24.5 Å². The molecule has 2 aromatic carbocycles. The van der Waals surface area contributed by atoms with Gasteiger partial charge < -0.3 is 19.5 Å². The van der Waals surface area contributed by atoms with Crippen LogP contribution in [-0.4, -0.2) is 50.3 Å². The minimum Gasteiger partial charge on any atom is -0.493 e. The molecule has 0 fully saturated rings. The number of methoxy groups -OCH3 is 2. The monoisotopic (exact) mass is 558 g/mol. The summed E-state index contributed by atoms with van der Waals surface area (Å²) in [6, 6.07) is 11.0. The molecule has 0 radical (unpaired) electrons. The first-order valence-corrected chi connectivity index (χ1v) is 13.3. The van der Waals surface area contributed by atoms with Crippen molar-refractivity contribution in [1.82, 2.24) is 5.32 Å². The smallest absolute Gasteiger partial charge is 0.414 e. The molecule has 202 valence electrons. The number of alkyl halides is 1. The second kappa shape index (κ2) is 11.7. The van der Waals surface area contributed by atoms with E-state index in [4.69, 9.17) is 37.4 Å². The number of hydrogen-bond acceptors (Lipinski definition) is 5. The van der Waals surface area contributed by atoms with Gasteiger partial charge in [-0.1, -0.05) is 42.0 Å². The Balaban J connectivity index is 1.53. The summed E-state index contributed by atoms with van der Waals surface area (Å²) in [4.78, 5) is 26.5. The maximum absolute atomic E-state index is 13.3. The second-order valence-electron chi connectivity index (χ2n) is 9.40. The van der Waals surface area contributed by atoms with Crippen LogP contribution in [-0.2, 0) is 9.53 Å². The van der Waals surface area contributed by atoms with E-state index in [1.54, 1.807) is 38.2 Å². The van der Waals surface area contributed by atoms with Gasteiger partial charge >= 0.3 is 6.09 Å². The fraction of sp³-hybridized carbons (Fsp3) is 0.379. The summed E-state index contributed by atoms with van der Waals surface area (Å²) < 4.78 is 16.3. The SMILES string of the molecule is CCOC(=O)N1c2cc(OC)c(OC)cc2C(CNC(=O)C2(Cl)C=CC(c3cccc(Cl)c3)=CC2)CC1C. The zero-order chi connectivity index (χ0) is 27.4. The van der Waals surface area contributed by atoms with Crippen molar-refractivity contribution < 1.29 is 23.8 Å². The summed E-state index contributed by atoms with van der Waals surface area (Å²) in [6.07, 6.45) is 6.07. The maximum atomic E-state index is 13.3. The summed E-state index contributed by atoms with van der Waals surface area (Å²) in [5, 5.41) is 3.69. The number of hydrogen-bond donors (Lipinski definition) is 1. The van der Waals surface area contributed by atoms with Gasteiger partial charge in [-0.3, -0.25) is 9.69 Å². The molecule has 7 nitrogen and oxygen atoms in total. The highest BCUT2D eigenvalue weighted by molar-refractivity contribution is 6.37. The van der Waals surface area contributed by atoms with E-state index in [0.717, 1.165) is 16.7 Å². The first kappa shape index (κ1) is 27.9. The topological polar surface area (TPSA) is 77.1 Å². The van der Waals surface area contributed by atoms with Crippen molar-refractivity contribution in [2.24, 2.45) is 0 Å². The number of amides is 2. The molecule has 0 spiro atoms. The third kappa shape index (κ3) is 5.64. The third-order valence-corrected chi connectivity index (χ3v) is 7.64. The van der Waals surface area contributed by atoms with E-state index in [1.165, 1.54) is 0 Å². The number of benzene rings is 2. The molecule has 1 aliphatic carbocycles. The molecule has 0 saturated heterocycles. The second-order valence-corrected chi connectivity index (χ2v) is 10.5. The van der Waals surface area contributed by atoms with Crippen LogP contribution in [0.5, 0.6) is 11.5 Å². The van der Waals surface area contributed by atoms with Crippen molar-refractivity contribution in [3.63, 3.8) is 0 Å². The van der Waals surface area contributed by atoms with Gasteiger partial charge in [-0.05, 0) is 61.6 Å². The number of allylic oxidation sites excluding steroid dienone is 3. The maximum Gasteiger partial charge on any atom is 0.414 e. The van der Waals surface area contributed by atoms with Crippen LogP contribution in [0.1, 0.15) is 43.7 Å². The fourth-order valence-corrected chi connectivity index (χ4v) is 5.39. The molecule has 9 heteroatoms. The van der Waals surface area contributed by atoms with Crippen molar-refractivity contribution in [3.05, 3.63) is 70.8 Å². The standard InChI is InChI=1S/C29H32Cl2N2O5/c1-5-38-28(35)33-18(2)13-21(23-15-25(36-3)26(37-4)16-24(23)33)17-32-27(34)29(31)11-9-19(10-12-29)20-7-6-8-22(30)14-20/h6-11,14-16,18,21H,5,12-13,17H2,1-4H3,(H,32,34). The number of rotatable bonds is 7. The Morgan fingerprint density at radius 3 is 2.53 bits per heavy atom. The number of nitrogens with one attached hydrogen (secondary N) is 1. The van der Waals surface area contributed by atoms with Crippen molar-refractivity contribution in [3.8, 4) is 11.5 Å². The minimum atomic E-state index is -1.19. The number of halogens is 2. The van der Waals surface area contributed by atoms with Gasteiger partial charge in [0.05, 0.1) is 26.5 Å².